The van der Waals surface area contributed by atoms with Crippen LogP contribution in [0.2, 0.25) is 5.02 Å². The van der Waals surface area contributed by atoms with Crippen LogP contribution in [0.1, 0.15) is 21.5 Å². The van der Waals surface area contributed by atoms with Crippen molar-refractivity contribution in [2.75, 3.05) is 13.7 Å². The molecule has 0 atom stereocenters. The molecule has 0 radical (unpaired) electrons. The van der Waals surface area contributed by atoms with E-state index in [1.54, 1.807) is 24.3 Å². The lowest BCUT2D eigenvalue weighted by Crippen LogP contribution is -2.34. The summed E-state index contributed by atoms with van der Waals surface area (Å²) in [5.74, 6) is -0.426. The summed E-state index contributed by atoms with van der Waals surface area (Å²) in [5, 5.41) is 0.371. The predicted molar refractivity (Wildman–Crippen MR) is 117 cm³/mol. The van der Waals surface area contributed by atoms with E-state index in [0.29, 0.717) is 23.7 Å². The number of carbonyl (C=O) groups excluding carboxylic acids is 1. The minimum Gasteiger partial charge on any atom is -0.468 e. The van der Waals surface area contributed by atoms with Crippen molar-refractivity contribution < 1.29 is 9.53 Å². The highest BCUT2D eigenvalue weighted by atomic mass is 35.5. The van der Waals surface area contributed by atoms with Gasteiger partial charge in [0.05, 0.1) is 17.7 Å². The molecule has 0 aliphatic carbocycles. The van der Waals surface area contributed by atoms with Gasteiger partial charge in [-0.2, -0.15) is 4.99 Å². The summed E-state index contributed by atoms with van der Waals surface area (Å²) in [6, 6.07) is 27.4. The van der Waals surface area contributed by atoms with E-state index in [0.717, 1.165) is 12.0 Å². The first-order valence-corrected chi connectivity index (χ1v) is 9.79. The number of aliphatic imine (C=N–C) groups is 1. The van der Waals surface area contributed by atoms with Gasteiger partial charge in [-0.3, -0.25) is 4.79 Å². The molecule has 29 heavy (non-hydrogen) atoms. The van der Waals surface area contributed by atoms with E-state index in [9.17, 15) is 4.79 Å². The largest absolute Gasteiger partial charge is 0.468 e. The quantitative estimate of drug-likeness (QED) is 0.416. The topological polar surface area (TPSA) is 41.9 Å². The normalized spacial score (nSPS) is 11.2. The number of methoxy groups -OCH3 is 1. The summed E-state index contributed by atoms with van der Waals surface area (Å²) in [4.78, 5) is 18.9. The lowest BCUT2D eigenvalue weighted by molar-refractivity contribution is 0.0995. The van der Waals surface area contributed by atoms with Gasteiger partial charge < -0.3 is 9.64 Å². The van der Waals surface area contributed by atoms with Crippen molar-refractivity contribution in [1.29, 1.82) is 0 Å². The Kier molecular flexibility index (Phi) is 7.42. The van der Waals surface area contributed by atoms with Crippen molar-refractivity contribution in [3.8, 4) is 0 Å². The molecule has 0 fully saturated rings. The van der Waals surface area contributed by atoms with Gasteiger partial charge in [0.25, 0.3) is 11.9 Å². The molecule has 0 saturated carbocycles. The molecule has 5 heteroatoms. The molecule has 3 rings (SSSR count). The van der Waals surface area contributed by atoms with Crippen LogP contribution in [0.3, 0.4) is 0 Å². The standard InChI is InChI=1S/C24H23ClN2O2/c1-29-24(26-23(28)21-14-8-9-15-22(21)25)27(18-20-12-6-3-7-13-20)17-16-19-10-4-2-5-11-19/h2-15H,16-18H2,1H3. The Morgan fingerprint density at radius 3 is 2.10 bits per heavy atom. The summed E-state index contributed by atoms with van der Waals surface area (Å²) in [5.41, 5.74) is 2.67. The number of ether oxygens (including phenoxy) is 1. The summed E-state index contributed by atoms with van der Waals surface area (Å²) in [7, 11) is 1.53. The number of carbonyl (C=O) groups is 1. The third-order valence-corrected chi connectivity index (χ3v) is 4.81. The maximum atomic E-state index is 12.7. The molecule has 3 aromatic rings. The van der Waals surface area contributed by atoms with Crippen LogP contribution >= 0.6 is 11.6 Å². The number of amides is 1. The van der Waals surface area contributed by atoms with E-state index in [4.69, 9.17) is 16.3 Å². The van der Waals surface area contributed by atoms with E-state index in [-0.39, 0.29) is 6.02 Å². The Bertz CT molecular complexity index is 959. The molecule has 0 saturated heterocycles. The highest BCUT2D eigenvalue weighted by Gasteiger charge is 2.17. The monoisotopic (exact) mass is 406 g/mol. The summed E-state index contributed by atoms with van der Waals surface area (Å²) in [6.07, 6.45) is 0.802. The fourth-order valence-electron chi connectivity index (χ4n) is 2.98. The van der Waals surface area contributed by atoms with Crippen molar-refractivity contribution in [1.82, 2.24) is 4.90 Å². The fourth-order valence-corrected chi connectivity index (χ4v) is 3.20. The summed E-state index contributed by atoms with van der Waals surface area (Å²) >= 11 is 6.15. The van der Waals surface area contributed by atoms with Gasteiger partial charge in [-0.05, 0) is 29.7 Å². The zero-order chi connectivity index (χ0) is 20.5. The van der Waals surface area contributed by atoms with Gasteiger partial charge in [0.1, 0.15) is 0 Å². The fraction of sp³-hybridized carbons (Fsp3) is 0.167. The first-order valence-electron chi connectivity index (χ1n) is 9.41. The Labute approximate surface area is 176 Å². The summed E-state index contributed by atoms with van der Waals surface area (Å²) < 4.78 is 5.52. The second-order valence-corrected chi connectivity index (χ2v) is 6.93. The minimum atomic E-state index is -0.426. The van der Waals surface area contributed by atoms with Gasteiger partial charge in [0.2, 0.25) is 0 Å². The smallest absolute Gasteiger partial charge is 0.295 e. The molecule has 0 aliphatic heterocycles. The van der Waals surface area contributed by atoms with Crippen molar-refractivity contribution >= 4 is 23.5 Å². The van der Waals surface area contributed by atoms with Crippen LogP contribution in [-0.4, -0.2) is 30.5 Å². The first-order chi connectivity index (χ1) is 14.2. The van der Waals surface area contributed by atoms with E-state index >= 15 is 0 Å². The Hall–Kier alpha value is -3.11. The third kappa shape index (κ3) is 5.93. The average molecular weight is 407 g/mol. The number of nitrogens with zero attached hydrogens (tertiary/aromatic N) is 2. The van der Waals surface area contributed by atoms with E-state index in [2.05, 4.69) is 17.1 Å². The SMILES string of the molecule is COC(=NC(=O)c1ccccc1Cl)N(CCc1ccccc1)Cc1ccccc1. The third-order valence-electron chi connectivity index (χ3n) is 4.48. The molecular formula is C24H23ClN2O2. The molecule has 148 valence electrons. The van der Waals surface area contributed by atoms with Gasteiger partial charge >= 0.3 is 0 Å². The number of amidine groups is 1. The number of hydrogen-bond donors (Lipinski definition) is 0. The van der Waals surface area contributed by atoms with Gasteiger partial charge in [0, 0.05) is 13.1 Å². The molecule has 0 N–H and O–H groups in total. The van der Waals surface area contributed by atoms with Crippen LogP contribution in [0.15, 0.2) is 89.9 Å². The minimum absolute atomic E-state index is 0.273. The van der Waals surface area contributed by atoms with E-state index in [1.807, 2.05) is 53.4 Å². The van der Waals surface area contributed by atoms with Gasteiger partial charge in [-0.25, -0.2) is 0 Å². The molecule has 0 unspecified atom stereocenters. The number of benzene rings is 3. The Balaban J connectivity index is 1.85. The number of hydrogen-bond acceptors (Lipinski definition) is 2. The van der Waals surface area contributed by atoms with Crippen LogP contribution in [-0.2, 0) is 17.7 Å². The van der Waals surface area contributed by atoms with Crippen LogP contribution in [0.5, 0.6) is 0 Å². The maximum Gasteiger partial charge on any atom is 0.295 e. The van der Waals surface area contributed by atoms with E-state index in [1.165, 1.54) is 12.7 Å². The molecule has 3 aromatic carbocycles. The van der Waals surface area contributed by atoms with Crippen molar-refractivity contribution in [2.24, 2.45) is 4.99 Å². The molecule has 0 heterocycles. The number of rotatable bonds is 6. The second-order valence-electron chi connectivity index (χ2n) is 6.53. The summed E-state index contributed by atoms with van der Waals surface area (Å²) in [6.45, 7) is 1.23. The Morgan fingerprint density at radius 1 is 0.897 bits per heavy atom. The Morgan fingerprint density at radius 2 is 1.48 bits per heavy atom. The van der Waals surface area contributed by atoms with Crippen molar-refractivity contribution in [3.05, 3.63) is 107 Å². The number of halogens is 1. The van der Waals surface area contributed by atoms with E-state index < -0.39 is 5.91 Å². The molecule has 0 aliphatic rings. The molecule has 4 nitrogen and oxygen atoms in total. The van der Waals surface area contributed by atoms with Crippen LogP contribution in [0.4, 0.5) is 0 Å². The highest BCUT2D eigenvalue weighted by Crippen LogP contribution is 2.17. The highest BCUT2D eigenvalue weighted by molar-refractivity contribution is 6.34. The van der Waals surface area contributed by atoms with Gasteiger partial charge in [-0.15, -0.1) is 0 Å². The zero-order valence-corrected chi connectivity index (χ0v) is 17.0. The van der Waals surface area contributed by atoms with Crippen molar-refractivity contribution in [3.63, 3.8) is 0 Å². The van der Waals surface area contributed by atoms with Crippen LogP contribution in [0.25, 0.3) is 0 Å². The maximum absolute atomic E-state index is 12.7. The zero-order valence-electron chi connectivity index (χ0n) is 16.3. The van der Waals surface area contributed by atoms with Crippen LogP contribution < -0.4 is 0 Å². The lowest BCUT2D eigenvalue weighted by Gasteiger charge is -2.24. The molecule has 0 spiro atoms. The second kappa shape index (κ2) is 10.4. The molecule has 0 bridgehead atoms. The van der Waals surface area contributed by atoms with Crippen molar-refractivity contribution in [2.45, 2.75) is 13.0 Å². The van der Waals surface area contributed by atoms with Gasteiger partial charge in [-0.1, -0.05) is 84.4 Å². The lowest BCUT2D eigenvalue weighted by atomic mass is 10.1. The van der Waals surface area contributed by atoms with Crippen LogP contribution in [0, 0.1) is 0 Å². The molecule has 1 amide bonds. The molecular weight excluding hydrogens is 384 g/mol. The predicted octanol–water partition coefficient (Wildman–Crippen LogP) is 5.23. The first kappa shape index (κ1) is 20.6. The van der Waals surface area contributed by atoms with Gasteiger partial charge in [0.15, 0.2) is 0 Å². The molecule has 0 aromatic heterocycles. The average Bonchev–Trinajstić information content (AvgIpc) is 2.76.